The Balaban J connectivity index is 2.26. The number of carbonyl (C=O) groups is 1. The van der Waals surface area contributed by atoms with Crippen molar-refractivity contribution in [2.24, 2.45) is 0 Å². The number of alkyl halides is 3. The number of nitrogens with zero attached hydrogens (tertiary/aromatic N) is 1. The topological polar surface area (TPSA) is 29.5 Å². The van der Waals surface area contributed by atoms with Gasteiger partial charge in [0.05, 0.1) is 7.11 Å². The fourth-order valence-electron chi connectivity index (χ4n) is 2.15. The maximum Gasteiger partial charge on any atom is 0.397 e. The molecule has 1 fully saturated rings. The lowest BCUT2D eigenvalue weighted by Crippen LogP contribution is -2.33. The van der Waals surface area contributed by atoms with E-state index in [0.717, 1.165) is 4.47 Å². The standard InChI is InChI=1S/C13H13BrF3NO2S/c1-20-10-3-2-8(14)6-9(10)12-18(4-5-21-12)11(19)7-13(15,16)17/h2-3,6,12H,4-5,7H2,1H3. The number of ether oxygens (including phenoxy) is 1. The Morgan fingerprint density at radius 3 is 2.86 bits per heavy atom. The molecule has 21 heavy (non-hydrogen) atoms. The van der Waals surface area contributed by atoms with Crippen LogP contribution in [0.15, 0.2) is 22.7 Å². The summed E-state index contributed by atoms with van der Waals surface area (Å²) in [5.41, 5.74) is 0.699. The molecule has 1 aromatic rings. The van der Waals surface area contributed by atoms with Crippen molar-refractivity contribution in [2.75, 3.05) is 19.4 Å². The first-order valence-corrected chi connectivity index (χ1v) is 7.97. The monoisotopic (exact) mass is 383 g/mol. The van der Waals surface area contributed by atoms with Crippen LogP contribution in [-0.2, 0) is 4.79 Å². The van der Waals surface area contributed by atoms with E-state index in [1.807, 2.05) is 0 Å². The number of hydrogen-bond donors (Lipinski definition) is 0. The van der Waals surface area contributed by atoms with Gasteiger partial charge in [-0.05, 0) is 18.2 Å². The highest BCUT2D eigenvalue weighted by atomic mass is 79.9. The predicted octanol–water partition coefficient (Wildman–Crippen LogP) is 3.98. The molecule has 1 amide bonds. The van der Waals surface area contributed by atoms with Gasteiger partial charge >= 0.3 is 6.18 Å². The Morgan fingerprint density at radius 2 is 2.24 bits per heavy atom. The van der Waals surface area contributed by atoms with E-state index in [0.29, 0.717) is 23.6 Å². The molecule has 1 atom stereocenters. The molecule has 0 aliphatic carbocycles. The highest BCUT2D eigenvalue weighted by Crippen LogP contribution is 2.43. The van der Waals surface area contributed by atoms with E-state index < -0.39 is 23.9 Å². The third kappa shape index (κ3) is 4.06. The lowest BCUT2D eigenvalue weighted by Gasteiger charge is -2.26. The molecule has 1 aliphatic heterocycles. The number of hydrogen-bond acceptors (Lipinski definition) is 3. The molecule has 0 aromatic heterocycles. The van der Waals surface area contributed by atoms with E-state index in [1.54, 1.807) is 18.2 Å². The second-order valence-corrected chi connectivity index (χ2v) is 6.59. The smallest absolute Gasteiger partial charge is 0.397 e. The van der Waals surface area contributed by atoms with Gasteiger partial charge in [-0.2, -0.15) is 13.2 Å². The van der Waals surface area contributed by atoms with Gasteiger partial charge in [0.1, 0.15) is 17.5 Å². The van der Waals surface area contributed by atoms with Crippen molar-refractivity contribution in [3.05, 3.63) is 28.2 Å². The van der Waals surface area contributed by atoms with Crippen molar-refractivity contribution in [3.8, 4) is 5.75 Å². The summed E-state index contributed by atoms with van der Waals surface area (Å²) in [6.45, 7) is 0.305. The molecule has 0 bridgehead atoms. The second-order valence-electron chi connectivity index (χ2n) is 4.49. The first-order valence-electron chi connectivity index (χ1n) is 6.13. The van der Waals surface area contributed by atoms with Gasteiger partial charge in [0, 0.05) is 22.3 Å². The Hall–Kier alpha value is -0.890. The number of methoxy groups -OCH3 is 1. The van der Waals surface area contributed by atoms with Crippen LogP contribution in [0.4, 0.5) is 13.2 Å². The summed E-state index contributed by atoms with van der Waals surface area (Å²) in [4.78, 5) is 13.1. The van der Waals surface area contributed by atoms with Crippen LogP contribution in [0.5, 0.6) is 5.75 Å². The van der Waals surface area contributed by atoms with E-state index >= 15 is 0 Å². The SMILES string of the molecule is COc1ccc(Br)cc1C1SCCN1C(=O)CC(F)(F)F. The molecule has 1 aromatic carbocycles. The fourth-order valence-corrected chi connectivity index (χ4v) is 3.83. The van der Waals surface area contributed by atoms with Gasteiger partial charge in [-0.3, -0.25) is 4.79 Å². The molecule has 1 saturated heterocycles. The van der Waals surface area contributed by atoms with E-state index in [9.17, 15) is 18.0 Å². The van der Waals surface area contributed by atoms with Crippen LogP contribution in [0.25, 0.3) is 0 Å². The number of halogens is 4. The molecule has 8 heteroatoms. The minimum Gasteiger partial charge on any atom is -0.496 e. The number of carbonyl (C=O) groups excluding carboxylic acids is 1. The molecule has 1 aliphatic rings. The van der Waals surface area contributed by atoms with Crippen molar-refractivity contribution in [1.82, 2.24) is 4.90 Å². The van der Waals surface area contributed by atoms with Crippen LogP contribution < -0.4 is 4.74 Å². The van der Waals surface area contributed by atoms with Crippen LogP contribution in [0.2, 0.25) is 0 Å². The molecule has 3 nitrogen and oxygen atoms in total. The lowest BCUT2D eigenvalue weighted by molar-refractivity contribution is -0.161. The highest BCUT2D eigenvalue weighted by molar-refractivity contribution is 9.10. The quantitative estimate of drug-likeness (QED) is 0.790. The van der Waals surface area contributed by atoms with Crippen LogP contribution >= 0.6 is 27.7 Å². The summed E-state index contributed by atoms with van der Waals surface area (Å²) in [6, 6.07) is 5.28. The van der Waals surface area contributed by atoms with Gasteiger partial charge in [0.25, 0.3) is 0 Å². The average molecular weight is 384 g/mol. The fraction of sp³-hybridized carbons (Fsp3) is 0.462. The van der Waals surface area contributed by atoms with Gasteiger partial charge in [-0.1, -0.05) is 15.9 Å². The summed E-state index contributed by atoms with van der Waals surface area (Å²) in [6.07, 6.45) is -5.92. The third-order valence-corrected chi connectivity index (χ3v) is 4.76. The molecule has 0 saturated carbocycles. The zero-order valence-corrected chi connectivity index (χ0v) is 13.5. The first-order chi connectivity index (χ1) is 9.81. The van der Waals surface area contributed by atoms with E-state index in [1.165, 1.54) is 23.8 Å². The van der Waals surface area contributed by atoms with Crippen molar-refractivity contribution >= 4 is 33.6 Å². The van der Waals surface area contributed by atoms with Crippen LogP contribution in [-0.4, -0.2) is 36.4 Å². The Bertz CT molecular complexity index is 539. The molecule has 116 valence electrons. The number of benzene rings is 1. The molecule has 0 N–H and O–H groups in total. The summed E-state index contributed by atoms with van der Waals surface area (Å²) in [7, 11) is 1.49. The van der Waals surface area contributed by atoms with Crippen LogP contribution in [0, 0.1) is 0 Å². The van der Waals surface area contributed by atoms with Gasteiger partial charge in [0.2, 0.25) is 5.91 Å². The summed E-state index contributed by atoms with van der Waals surface area (Å²) < 4.78 is 43.3. The molecule has 0 radical (unpaired) electrons. The summed E-state index contributed by atoms with van der Waals surface area (Å²) >= 11 is 4.76. The Labute approximate surface area is 133 Å². The molecule has 1 unspecified atom stereocenters. The maximum absolute atomic E-state index is 12.4. The largest absolute Gasteiger partial charge is 0.496 e. The van der Waals surface area contributed by atoms with Crippen molar-refractivity contribution in [1.29, 1.82) is 0 Å². The van der Waals surface area contributed by atoms with Gasteiger partial charge in [-0.15, -0.1) is 11.8 Å². The Kier molecular flexibility index (Phi) is 5.08. The maximum atomic E-state index is 12.4. The summed E-state index contributed by atoms with van der Waals surface area (Å²) in [5, 5.41) is -0.452. The van der Waals surface area contributed by atoms with E-state index in [2.05, 4.69) is 15.9 Å². The highest BCUT2D eigenvalue weighted by Gasteiger charge is 2.39. The molecule has 1 heterocycles. The van der Waals surface area contributed by atoms with Crippen molar-refractivity contribution in [3.63, 3.8) is 0 Å². The minimum absolute atomic E-state index is 0.305. The second kappa shape index (κ2) is 6.48. The van der Waals surface area contributed by atoms with E-state index in [-0.39, 0.29) is 0 Å². The normalized spacial score (nSPS) is 18.9. The average Bonchev–Trinajstić information content (AvgIpc) is 2.85. The third-order valence-electron chi connectivity index (χ3n) is 3.02. The van der Waals surface area contributed by atoms with Gasteiger partial charge < -0.3 is 9.64 Å². The molecule has 0 spiro atoms. The molecular weight excluding hydrogens is 371 g/mol. The predicted molar refractivity (Wildman–Crippen MR) is 78.3 cm³/mol. The van der Waals surface area contributed by atoms with Gasteiger partial charge in [-0.25, -0.2) is 0 Å². The van der Waals surface area contributed by atoms with E-state index in [4.69, 9.17) is 4.74 Å². The zero-order valence-electron chi connectivity index (χ0n) is 11.1. The number of rotatable bonds is 3. The molecule has 2 rings (SSSR count). The van der Waals surface area contributed by atoms with Crippen molar-refractivity contribution in [2.45, 2.75) is 18.0 Å². The van der Waals surface area contributed by atoms with Crippen LogP contribution in [0.3, 0.4) is 0 Å². The molecular formula is C13H13BrF3NO2S. The van der Waals surface area contributed by atoms with Crippen molar-refractivity contribution < 1.29 is 22.7 Å². The number of thioether (sulfide) groups is 1. The van der Waals surface area contributed by atoms with Crippen LogP contribution in [0.1, 0.15) is 17.4 Å². The first kappa shape index (κ1) is 16.5. The Morgan fingerprint density at radius 1 is 1.52 bits per heavy atom. The minimum atomic E-state index is -4.49. The summed E-state index contributed by atoms with van der Waals surface area (Å²) in [5.74, 6) is 0.256. The zero-order chi connectivity index (χ0) is 15.6. The van der Waals surface area contributed by atoms with Gasteiger partial charge in [0.15, 0.2) is 0 Å². The lowest BCUT2D eigenvalue weighted by atomic mass is 10.1. The number of amides is 1.